The molecule has 0 unspecified atom stereocenters. The molecular weight excluding hydrogens is 344 g/mol. The molecular formula is C16H19BrN4O. The van der Waals surface area contributed by atoms with Crippen LogP contribution in [-0.2, 0) is 0 Å². The number of nitrogens with zero attached hydrogens (tertiary/aromatic N) is 3. The average Bonchev–Trinajstić information content (AvgIpc) is 2.52. The highest BCUT2D eigenvalue weighted by Gasteiger charge is 2.12. The van der Waals surface area contributed by atoms with Crippen LogP contribution < -0.4 is 5.32 Å². The normalized spacial score (nSPS) is 10.3. The second-order valence-corrected chi connectivity index (χ2v) is 5.93. The van der Waals surface area contributed by atoms with Crippen molar-refractivity contribution in [2.45, 2.75) is 19.8 Å². The maximum absolute atomic E-state index is 12.2. The molecule has 2 aromatic rings. The van der Waals surface area contributed by atoms with Gasteiger partial charge < -0.3 is 10.2 Å². The number of nitrogens with one attached hydrogen (secondary N) is 1. The van der Waals surface area contributed by atoms with E-state index in [1.807, 2.05) is 24.3 Å². The Morgan fingerprint density at radius 2 is 2.05 bits per heavy atom. The monoisotopic (exact) mass is 362 g/mol. The maximum atomic E-state index is 12.2. The van der Waals surface area contributed by atoms with Gasteiger partial charge in [-0.25, -0.2) is 9.97 Å². The number of amides is 1. The van der Waals surface area contributed by atoms with Crippen LogP contribution in [-0.4, -0.2) is 34.4 Å². The van der Waals surface area contributed by atoms with Crippen LogP contribution in [0, 0.1) is 0 Å². The molecule has 2 rings (SSSR count). The summed E-state index contributed by atoms with van der Waals surface area (Å²) in [6.45, 7) is 2.84. The van der Waals surface area contributed by atoms with Gasteiger partial charge in [0.15, 0.2) is 0 Å². The summed E-state index contributed by atoms with van der Waals surface area (Å²) in [4.78, 5) is 22.3. The number of hydrogen-bond donors (Lipinski definition) is 1. The lowest BCUT2D eigenvalue weighted by Crippen LogP contribution is -2.27. The summed E-state index contributed by atoms with van der Waals surface area (Å²) in [7, 11) is 1.80. The molecule has 1 N–H and O–H groups in total. The van der Waals surface area contributed by atoms with Crippen LogP contribution in [0.4, 0.5) is 11.6 Å². The van der Waals surface area contributed by atoms with Crippen molar-refractivity contribution in [2.75, 3.05) is 18.9 Å². The van der Waals surface area contributed by atoms with Crippen molar-refractivity contribution >= 4 is 33.5 Å². The van der Waals surface area contributed by atoms with E-state index >= 15 is 0 Å². The highest BCUT2D eigenvalue weighted by Crippen LogP contribution is 2.18. The van der Waals surface area contributed by atoms with Gasteiger partial charge >= 0.3 is 0 Å². The highest BCUT2D eigenvalue weighted by atomic mass is 79.9. The van der Waals surface area contributed by atoms with E-state index in [1.165, 1.54) is 0 Å². The number of hydrogen-bond acceptors (Lipinski definition) is 4. The molecule has 0 spiro atoms. The van der Waals surface area contributed by atoms with E-state index in [2.05, 4.69) is 38.1 Å². The van der Waals surface area contributed by atoms with Gasteiger partial charge in [0.1, 0.15) is 0 Å². The molecule has 0 atom stereocenters. The van der Waals surface area contributed by atoms with Gasteiger partial charge in [-0.1, -0.05) is 35.3 Å². The predicted octanol–water partition coefficient (Wildman–Crippen LogP) is 3.85. The summed E-state index contributed by atoms with van der Waals surface area (Å²) in [6, 6.07) is 7.72. The van der Waals surface area contributed by atoms with Gasteiger partial charge in [-0.2, -0.15) is 0 Å². The number of unbranched alkanes of at least 4 members (excludes halogenated alkanes) is 1. The van der Waals surface area contributed by atoms with Gasteiger partial charge in [-0.3, -0.25) is 4.79 Å². The van der Waals surface area contributed by atoms with Crippen molar-refractivity contribution in [1.29, 1.82) is 0 Å². The summed E-state index contributed by atoms with van der Waals surface area (Å²) < 4.78 is 0.974. The molecule has 6 heteroatoms. The number of anilines is 2. The Morgan fingerprint density at radius 1 is 1.32 bits per heavy atom. The average molecular weight is 363 g/mol. The zero-order valence-corrected chi connectivity index (χ0v) is 14.3. The van der Waals surface area contributed by atoms with Crippen LogP contribution in [0.25, 0.3) is 0 Å². The van der Waals surface area contributed by atoms with Crippen molar-refractivity contribution in [3.8, 4) is 0 Å². The molecule has 0 bridgehead atoms. The summed E-state index contributed by atoms with van der Waals surface area (Å²) in [5, 5.41) is 3.10. The summed E-state index contributed by atoms with van der Waals surface area (Å²) in [5.41, 5.74) is 1.38. The van der Waals surface area contributed by atoms with Crippen molar-refractivity contribution in [3.63, 3.8) is 0 Å². The topological polar surface area (TPSA) is 58.1 Å². The number of carbonyl (C=O) groups is 1. The van der Waals surface area contributed by atoms with Crippen molar-refractivity contribution in [1.82, 2.24) is 14.9 Å². The largest absolute Gasteiger partial charge is 0.342 e. The quantitative estimate of drug-likeness (QED) is 0.847. The van der Waals surface area contributed by atoms with E-state index in [-0.39, 0.29) is 5.91 Å². The Labute approximate surface area is 138 Å². The summed E-state index contributed by atoms with van der Waals surface area (Å²) in [5.74, 6) is 0.410. The summed E-state index contributed by atoms with van der Waals surface area (Å²) >= 11 is 3.41. The molecule has 0 aliphatic heterocycles. The second-order valence-electron chi connectivity index (χ2n) is 5.01. The fourth-order valence-electron chi connectivity index (χ4n) is 1.92. The van der Waals surface area contributed by atoms with E-state index < -0.39 is 0 Å². The maximum Gasteiger partial charge on any atom is 0.256 e. The first-order valence-electron chi connectivity index (χ1n) is 7.20. The smallest absolute Gasteiger partial charge is 0.256 e. The predicted molar refractivity (Wildman–Crippen MR) is 91.3 cm³/mol. The van der Waals surface area contributed by atoms with Gasteiger partial charge in [-0.15, -0.1) is 0 Å². The van der Waals surface area contributed by atoms with Crippen LogP contribution in [0.5, 0.6) is 0 Å². The Morgan fingerprint density at radius 3 is 2.68 bits per heavy atom. The Balaban J connectivity index is 2.02. The van der Waals surface area contributed by atoms with Gasteiger partial charge in [0.2, 0.25) is 5.95 Å². The Bertz CT molecular complexity index is 630. The first-order valence-corrected chi connectivity index (χ1v) is 7.99. The van der Waals surface area contributed by atoms with Crippen molar-refractivity contribution in [3.05, 3.63) is 46.7 Å². The zero-order valence-electron chi connectivity index (χ0n) is 12.7. The number of rotatable bonds is 6. The third-order valence-corrected chi connectivity index (χ3v) is 3.67. The third-order valence-electron chi connectivity index (χ3n) is 3.17. The number of carbonyl (C=O) groups excluding carboxylic acids is 1. The lowest BCUT2D eigenvalue weighted by atomic mass is 10.2. The number of benzene rings is 1. The fraction of sp³-hybridized carbons (Fsp3) is 0.312. The molecule has 0 aliphatic rings. The Kier molecular flexibility index (Phi) is 5.89. The zero-order chi connectivity index (χ0) is 15.9. The fourth-order valence-corrected chi connectivity index (χ4v) is 2.31. The van der Waals surface area contributed by atoms with Crippen LogP contribution in [0.2, 0.25) is 0 Å². The van der Waals surface area contributed by atoms with Gasteiger partial charge in [0.25, 0.3) is 5.91 Å². The minimum Gasteiger partial charge on any atom is -0.342 e. The van der Waals surface area contributed by atoms with Crippen molar-refractivity contribution < 1.29 is 4.79 Å². The van der Waals surface area contributed by atoms with Gasteiger partial charge in [-0.05, 0) is 24.6 Å². The molecule has 0 radical (unpaired) electrons. The SMILES string of the molecule is CCCCN(C)C(=O)c1cnc(Nc2cccc(Br)c2)nc1. The molecule has 1 heterocycles. The standard InChI is InChI=1S/C16H19BrN4O/c1-3-4-8-21(2)15(22)12-10-18-16(19-11-12)20-14-7-5-6-13(17)9-14/h5-7,9-11H,3-4,8H2,1-2H3,(H,18,19,20). The van der Waals surface area contributed by atoms with Crippen LogP contribution in [0.15, 0.2) is 41.1 Å². The molecule has 1 amide bonds. The van der Waals surface area contributed by atoms with Crippen LogP contribution in [0.3, 0.4) is 0 Å². The molecule has 116 valence electrons. The first kappa shape index (κ1) is 16.4. The molecule has 1 aromatic carbocycles. The molecule has 0 saturated carbocycles. The minimum absolute atomic E-state index is 0.0533. The van der Waals surface area contributed by atoms with Gasteiger partial charge in [0.05, 0.1) is 5.56 Å². The summed E-state index contributed by atoms with van der Waals surface area (Å²) in [6.07, 6.45) is 5.16. The molecule has 0 aliphatic carbocycles. The lowest BCUT2D eigenvalue weighted by Gasteiger charge is -2.16. The molecule has 0 saturated heterocycles. The van der Waals surface area contributed by atoms with Crippen LogP contribution >= 0.6 is 15.9 Å². The van der Waals surface area contributed by atoms with Gasteiger partial charge in [0, 0.05) is 36.1 Å². The Hall–Kier alpha value is -1.95. The lowest BCUT2D eigenvalue weighted by molar-refractivity contribution is 0.0792. The highest BCUT2D eigenvalue weighted by molar-refractivity contribution is 9.10. The molecule has 5 nitrogen and oxygen atoms in total. The number of aromatic nitrogens is 2. The molecule has 0 fully saturated rings. The van der Waals surface area contributed by atoms with E-state index in [0.29, 0.717) is 11.5 Å². The molecule has 1 aromatic heterocycles. The van der Waals surface area contributed by atoms with Crippen molar-refractivity contribution in [2.24, 2.45) is 0 Å². The van der Waals surface area contributed by atoms with E-state index in [4.69, 9.17) is 0 Å². The van der Waals surface area contributed by atoms with E-state index in [0.717, 1.165) is 29.5 Å². The number of halogens is 1. The second kappa shape index (κ2) is 7.89. The third kappa shape index (κ3) is 4.53. The van der Waals surface area contributed by atoms with Crippen LogP contribution in [0.1, 0.15) is 30.1 Å². The first-order chi connectivity index (χ1) is 10.6. The molecule has 22 heavy (non-hydrogen) atoms. The van der Waals surface area contributed by atoms with E-state index in [9.17, 15) is 4.79 Å². The minimum atomic E-state index is -0.0533. The van der Waals surface area contributed by atoms with E-state index in [1.54, 1.807) is 24.3 Å².